The van der Waals surface area contributed by atoms with Gasteiger partial charge in [-0.15, -0.1) is 0 Å². The van der Waals surface area contributed by atoms with E-state index in [4.69, 9.17) is 5.73 Å². The number of likely N-dealkylation sites (tertiary alicyclic amines) is 1. The summed E-state index contributed by atoms with van der Waals surface area (Å²) in [5, 5.41) is 3.13. The van der Waals surface area contributed by atoms with E-state index >= 15 is 0 Å². The predicted molar refractivity (Wildman–Crippen MR) is 105 cm³/mol. The summed E-state index contributed by atoms with van der Waals surface area (Å²) in [6.45, 7) is 1.98. The largest absolute Gasteiger partial charge is 0.346 e. The van der Waals surface area contributed by atoms with Crippen LogP contribution in [0, 0.1) is 17.8 Å². The lowest BCUT2D eigenvalue weighted by molar-refractivity contribution is -0.121. The first-order chi connectivity index (χ1) is 13.6. The first-order valence-corrected chi connectivity index (χ1v) is 9.76. The van der Waals surface area contributed by atoms with E-state index in [9.17, 15) is 9.18 Å². The number of fused-ring (bicyclic) bond motifs is 1. The van der Waals surface area contributed by atoms with E-state index in [-0.39, 0.29) is 17.8 Å². The SMILES string of the molecule is NC1CCN(CC(=O)N[C]2CCc3cc(F)ccc3[C]2Cc2cccnc2)C1. The summed E-state index contributed by atoms with van der Waals surface area (Å²) in [7, 11) is 0. The maximum Gasteiger partial charge on any atom is 0.234 e. The molecule has 2 heterocycles. The standard InChI is InChI=1S/C22H25FN4O/c23-17-4-5-19-16(11-17)3-6-21(20(19)10-15-2-1-8-25-12-15)26-22(28)14-27-9-7-18(24)13-27/h1-2,4-5,8,11-12,18H,3,6-7,9-10,13-14,24H2,(H,26,28). The fourth-order valence-corrected chi connectivity index (χ4v) is 4.10. The Labute approximate surface area is 165 Å². The second-order valence-corrected chi connectivity index (χ2v) is 7.63. The van der Waals surface area contributed by atoms with Gasteiger partial charge in [-0.1, -0.05) is 12.1 Å². The van der Waals surface area contributed by atoms with Crippen molar-refractivity contribution in [1.82, 2.24) is 15.2 Å². The Hall–Kier alpha value is -2.31. The van der Waals surface area contributed by atoms with Crippen molar-refractivity contribution < 1.29 is 9.18 Å². The van der Waals surface area contributed by atoms with Crippen molar-refractivity contribution in [3.63, 3.8) is 0 Å². The predicted octanol–water partition coefficient (Wildman–Crippen LogP) is 2.01. The molecule has 1 aliphatic heterocycles. The van der Waals surface area contributed by atoms with E-state index in [1.54, 1.807) is 12.3 Å². The Morgan fingerprint density at radius 2 is 2.21 bits per heavy atom. The van der Waals surface area contributed by atoms with Crippen LogP contribution in [0.5, 0.6) is 0 Å². The van der Waals surface area contributed by atoms with E-state index in [1.165, 1.54) is 6.07 Å². The number of nitrogens with two attached hydrogens (primary N) is 1. The molecule has 1 aliphatic carbocycles. The molecule has 0 bridgehead atoms. The molecule has 3 N–H and O–H groups in total. The van der Waals surface area contributed by atoms with Gasteiger partial charge in [0.1, 0.15) is 5.82 Å². The van der Waals surface area contributed by atoms with Crippen molar-refractivity contribution >= 4 is 5.91 Å². The molecule has 146 valence electrons. The monoisotopic (exact) mass is 380 g/mol. The van der Waals surface area contributed by atoms with Crippen molar-refractivity contribution in [2.24, 2.45) is 5.73 Å². The van der Waals surface area contributed by atoms with Crippen molar-refractivity contribution in [2.75, 3.05) is 19.6 Å². The third-order valence-corrected chi connectivity index (χ3v) is 5.47. The van der Waals surface area contributed by atoms with Gasteiger partial charge >= 0.3 is 0 Å². The maximum absolute atomic E-state index is 13.7. The molecule has 1 aromatic carbocycles. The molecule has 2 radical (unpaired) electrons. The fraction of sp³-hybridized carbons (Fsp3) is 0.364. The van der Waals surface area contributed by atoms with Crippen LogP contribution in [0.2, 0.25) is 0 Å². The second-order valence-electron chi connectivity index (χ2n) is 7.63. The van der Waals surface area contributed by atoms with Gasteiger partial charge in [-0.3, -0.25) is 14.7 Å². The summed E-state index contributed by atoms with van der Waals surface area (Å²) in [6, 6.07) is 9.91. The molecular formula is C22H25FN4O. The van der Waals surface area contributed by atoms with Crippen LogP contribution in [0.3, 0.4) is 0 Å². The van der Waals surface area contributed by atoms with E-state index in [0.29, 0.717) is 25.8 Å². The van der Waals surface area contributed by atoms with Gasteiger partial charge in [0.25, 0.3) is 0 Å². The van der Waals surface area contributed by atoms with Crippen molar-refractivity contribution in [3.8, 4) is 0 Å². The number of nitrogens with zero attached hydrogens (tertiary/aromatic N) is 2. The Morgan fingerprint density at radius 3 is 2.96 bits per heavy atom. The quantitative estimate of drug-likeness (QED) is 0.833. The number of rotatable bonds is 5. The van der Waals surface area contributed by atoms with Crippen LogP contribution in [0.1, 0.15) is 29.5 Å². The summed E-state index contributed by atoms with van der Waals surface area (Å²) in [5.74, 6) is 0.802. The van der Waals surface area contributed by atoms with Crippen molar-refractivity contribution in [2.45, 2.75) is 31.7 Å². The van der Waals surface area contributed by atoms with Gasteiger partial charge in [-0.05, 0) is 60.6 Å². The summed E-state index contributed by atoms with van der Waals surface area (Å²) in [6.07, 6.45) is 6.56. The molecule has 2 aliphatic rings. The normalized spacial score (nSPS) is 20.9. The summed E-state index contributed by atoms with van der Waals surface area (Å²) in [4.78, 5) is 18.9. The molecule has 1 aromatic heterocycles. The number of carbonyl (C=O) groups is 1. The van der Waals surface area contributed by atoms with Crippen LogP contribution in [0.4, 0.5) is 4.39 Å². The Bertz CT molecular complexity index is 829. The van der Waals surface area contributed by atoms with Gasteiger partial charge in [0.2, 0.25) is 5.91 Å². The molecule has 0 saturated carbocycles. The van der Waals surface area contributed by atoms with E-state index in [0.717, 1.165) is 48.2 Å². The second kappa shape index (κ2) is 8.37. The third kappa shape index (κ3) is 4.39. The highest BCUT2D eigenvalue weighted by atomic mass is 19.1. The highest BCUT2D eigenvalue weighted by Crippen LogP contribution is 2.38. The van der Waals surface area contributed by atoms with Gasteiger partial charge in [0.15, 0.2) is 0 Å². The van der Waals surface area contributed by atoms with E-state index in [1.807, 2.05) is 24.4 Å². The summed E-state index contributed by atoms with van der Waals surface area (Å²) >= 11 is 0. The Morgan fingerprint density at radius 1 is 1.32 bits per heavy atom. The molecule has 1 atom stereocenters. The van der Waals surface area contributed by atoms with Gasteiger partial charge in [-0.25, -0.2) is 4.39 Å². The van der Waals surface area contributed by atoms with E-state index in [2.05, 4.69) is 15.2 Å². The van der Waals surface area contributed by atoms with Gasteiger partial charge in [0, 0.05) is 37.4 Å². The van der Waals surface area contributed by atoms with E-state index < -0.39 is 0 Å². The Balaban J connectivity index is 1.51. The summed E-state index contributed by atoms with van der Waals surface area (Å²) in [5.41, 5.74) is 9.00. The number of aryl methyl sites for hydroxylation is 1. The van der Waals surface area contributed by atoms with Crippen LogP contribution >= 0.6 is 0 Å². The molecule has 0 spiro atoms. The first kappa shape index (κ1) is 19.0. The van der Waals surface area contributed by atoms with Crippen molar-refractivity contribution in [3.05, 3.63) is 77.2 Å². The zero-order chi connectivity index (χ0) is 19.5. The average Bonchev–Trinajstić information content (AvgIpc) is 3.09. The molecule has 4 rings (SSSR count). The lowest BCUT2D eigenvalue weighted by Gasteiger charge is -2.33. The van der Waals surface area contributed by atoms with Crippen LogP contribution in [-0.2, 0) is 17.6 Å². The van der Waals surface area contributed by atoms with Crippen LogP contribution in [-0.4, -0.2) is 41.5 Å². The van der Waals surface area contributed by atoms with Gasteiger partial charge < -0.3 is 11.1 Å². The third-order valence-electron chi connectivity index (χ3n) is 5.47. The molecule has 1 fully saturated rings. The number of amides is 1. The lowest BCUT2D eigenvalue weighted by Crippen LogP contribution is -2.42. The fourth-order valence-electron chi connectivity index (χ4n) is 4.10. The van der Waals surface area contributed by atoms with Crippen LogP contribution < -0.4 is 11.1 Å². The number of hydrogen-bond acceptors (Lipinski definition) is 4. The zero-order valence-corrected chi connectivity index (χ0v) is 15.8. The molecular weight excluding hydrogens is 355 g/mol. The minimum absolute atomic E-state index is 0.0154. The highest BCUT2D eigenvalue weighted by Gasteiger charge is 2.33. The number of benzene rings is 1. The van der Waals surface area contributed by atoms with Crippen molar-refractivity contribution in [1.29, 1.82) is 0 Å². The number of hydrogen-bond donors (Lipinski definition) is 2. The Kier molecular flexibility index (Phi) is 5.69. The topological polar surface area (TPSA) is 71.2 Å². The molecule has 5 nitrogen and oxygen atoms in total. The number of pyridine rings is 1. The maximum atomic E-state index is 13.7. The molecule has 1 saturated heterocycles. The molecule has 2 aromatic rings. The van der Waals surface area contributed by atoms with Crippen LogP contribution in [0.25, 0.3) is 0 Å². The highest BCUT2D eigenvalue weighted by molar-refractivity contribution is 5.80. The lowest BCUT2D eigenvalue weighted by atomic mass is 9.76. The molecule has 6 heteroatoms. The molecule has 1 amide bonds. The number of halogens is 1. The minimum Gasteiger partial charge on any atom is -0.346 e. The van der Waals surface area contributed by atoms with Gasteiger partial charge in [0.05, 0.1) is 12.6 Å². The minimum atomic E-state index is -0.225. The average molecular weight is 380 g/mol. The first-order valence-electron chi connectivity index (χ1n) is 9.76. The molecule has 28 heavy (non-hydrogen) atoms. The number of carbonyl (C=O) groups excluding carboxylic acids is 1. The molecule has 1 unspecified atom stereocenters. The summed E-state index contributed by atoms with van der Waals surface area (Å²) < 4.78 is 13.7. The van der Waals surface area contributed by atoms with Gasteiger partial charge in [-0.2, -0.15) is 0 Å². The smallest absolute Gasteiger partial charge is 0.234 e. The number of aromatic nitrogens is 1. The zero-order valence-electron chi connectivity index (χ0n) is 15.8. The number of nitrogens with one attached hydrogen (secondary N) is 1. The van der Waals surface area contributed by atoms with Crippen LogP contribution in [0.15, 0.2) is 42.7 Å².